The number of rotatable bonds is 4. The van der Waals surface area contributed by atoms with Gasteiger partial charge in [0.15, 0.2) is 0 Å². The number of nitrogens with zero attached hydrogens (tertiary/aromatic N) is 2. The Morgan fingerprint density at radius 3 is 2.61 bits per heavy atom. The van der Waals surface area contributed by atoms with Crippen LogP contribution in [0.2, 0.25) is 0 Å². The highest BCUT2D eigenvalue weighted by Gasteiger charge is 2.55. The van der Waals surface area contributed by atoms with Crippen LogP contribution < -0.4 is 10.2 Å². The van der Waals surface area contributed by atoms with E-state index >= 15 is 0 Å². The van der Waals surface area contributed by atoms with Crippen LogP contribution >= 0.6 is 0 Å². The fraction of sp³-hybridized carbons (Fsp3) is 0.286. The van der Waals surface area contributed by atoms with Gasteiger partial charge in [-0.1, -0.05) is 24.3 Å². The Bertz CT molecular complexity index is 960. The van der Waals surface area contributed by atoms with E-state index in [9.17, 15) is 18.8 Å². The number of hydrogen-bond acceptors (Lipinski definition) is 3. The molecule has 0 saturated carbocycles. The maximum Gasteiger partial charge on any atom is 0.325 e. The molecular weight excluding hydrogens is 361 g/mol. The first-order valence-corrected chi connectivity index (χ1v) is 9.24. The van der Waals surface area contributed by atoms with Crippen molar-refractivity contribution >= 4 is 23.5 Å². The first-order chi connectivity index (χ1) is 13.5. The van der Waals surface area contributed by atoms with Crippen LogP contribution in [0, 0.1) is 5.82 Å². The molecule has 1 fully saturated rings. The molecule has 28 heavy (non-hydrogen) atoms. The molecule has 1 heterocycles. The average molecular weight is 381 g/mol. The van der Waals surface area contributed by atoms with Crippen LogP contribution in [-0.4, -0.2) is 35.8 Å². The van der Waals surface area contributed by atoms with Crippen molar-refractivity contribution < 1.29 is 18.8 Å². The van der Waals surface area contributed by atoms with Crippen LogP contribution in [0.25, 0.3) is 0 Å². The van der Waals surface area contributed by atoms with Crippen molar-refractivity contribution in [3.63, 3.8) is 0 Å². The summed E-state index contributed by atoms with van der Waals surface area (Å²) in [5.41, 5.74) is 1.27. The van der Waals surface area contributed by atoms with E-state index in [4.69, 9.17) is 0 Å². The topological polar surface area (TPSA) is 69.7 Å². The molecule has 0 unspecified atom stereocenters. The summed E-state index contributed by atoms with van der Waals surface area (Å²) < 4.78 is 13.2. The zero-order valence-corrected chi connectivity index (χ0v) is 15.4. The van der Waals surface area contributed by atoms with Gasteiger partial charge < -0.3 is 10.2 Å². The van der Waals surface area contributed by atoms with Gasteiger partial charge in [-0.3, -0.25) is 14.5 Å². The lowest BCUT2D eigenvalue weighted by Gasteiger charge is -2.24. The standard InChI is InChI=1S/C21H20FN3O3/c1-2-24(16-9-7-15(22)8-10-16)18(26)13-25-19(27)21(23-20(25)28)12-11-14-5-3-4-6-17(14)21/h3-10H,2,11-13H2,1H3,(H,23,28)/t21-/m1/s1. The number of amides is 4. The number of hydrogen-bond donors (Lipinski definition) is 1. The molecule has 6 nitrogen and oxygen atoms in total. The fourth-order valence-corrected chi connectivity index (χ4v) is 4.08. The second-order valence-electron chi connectivity index (χ2n) is 7.00. The second kappa shape index (κ2) is 6.74. The van der Waals surface area contributed by atoms with Crippen LogP contribution in [0.15, 0.2) is 48.5 Å². The van der Waals surface area contributed by atoms with Gasteiger partial charge in [0, 0.05) is 12.2 Å². The minimum Gasteiger partial charge on any atom is -0.319 e. The normalized spacial score (nSPS) is 20.4. The van der Waals surface area contributed by atoms with Gasteiger partial charge in [0.05, 0.1) is 0 Å². The van der Waals surface area contributed by atoms with E-state index in [2.05, 4.69) is 5.32 Å². The monoisotopic (exact) mass is 381 g/mol. The Hall–Kier alpha value is -3.22. The number of urea groups is 1. The number of carbonyl (C=O) groups excluding carboxylic acids is 3. The van der Waals surface area contributed by atoms with E-state index in [0.717, 1.165) is 16.0 Å². The summed E-state index contributed by atoms with van der Waals surface area (Å²) in [6.07, 6.45) is 1.18. The Morgan fingerprint density at radius 2 is 1.89 bits per heavy atom. The molecule has 1 aliphatic carbocycles. The van der Waals surface area contributed by atoms with E-state index in [0.29, 0.717) is 25.1 Å². The number of fused-ring (bicyclic) bond motifs is 2. The Balaban J connectivity index is 1.57. The molecular formula is C21H20FN3O3. The van der Waals surface area contributed by atoms with Crippen molar-refractivity contribution in [2.24, 2.45) is 0 Å². The van der Waals surface area contributed by atoms with Crippen molar-refractivity contribution in [1.82, 2.24) is 10.2 Å². The van der Waals surface area contributed by atoms with Gasteiger partial charge in [0.1, 0.15) is 17.9 Å². The molecule has 2 aliphatic rings. The lowest BCUT2D eigenvalue weighted by molar-refractivity contribution is -0.134. The van der Waals surface area contributed by atoms with Crippen LogP contribution in [0.5, 0.6) is 0 Å². The molecule has 0 radical (unpaired) electrons. The molecule has 144 valence electrons. The van der Waals surface area contributed by atoms with E-state index in [-0.39, 0.29) is 6.54 Å². The number of halogens is 1. The van der Waals surface area contributed by atoms with E-state index in [1.807, 2.05) is 24.3 Å². The lowest BCUT2D eigenvalue weighted by atomic mass is 9.92. The summed E-state index contributed by atoms with van der Waals surface area (Å²) in [7, 11) is 0. The largest absolute Gasteiger partial charge is 0.325 e. The minimum atomic E-state index is -1.08. The van der Waals surface area contributed by atoms with Gasteiger partial charge in [0.25, 0.3) is 5.91 Å². The third-order valence-electron chi connectivity index (χ3n) is 5.47. The summed E-state index contributed by atoms with van der Waals surface area (Å²) in [5, 5.41) is 2.81. The Labute approximate surface area is 161 Å². The molecule has 1 saturated heterocycles. The third kappa shape index (κ3) is 2.74. The number of imide groups is 1. The maximum absolute atomic E-state index is 13.2. The molecule has 2 aromatic rings. The van der Waals surface area contributed by atoms with E-state index in [1.165, 1.54) is 29.2 Å². The van der Waals surface area contributed by atoms with Crippen molar-refractivity contribution in [2.45, 2.75) is 25.3 Å². The number of likely N-dealkylation sites (N-methyl/N-ethyl adjacent to an activating group) is 1. The second-order valence-corrected chi connectivity index (χ2v) is 7.00. The van der Waals surface area contributed by atoms with Gasteiger partial charge in [-0.2, -0.15) is 0 Å². The highest BCUT2D eigenvalue weighted by atomic mass is 19.1. The molecule has 4 rings (SSSR count). The smallest absolute Gasteiger partial charge is 0.319 e. The summed E-state index contributed by atoms with van der Waals surface area (Å²) in [6.45, 7) is 1.75. The number of nitrogens with one attached hydrogen (secondary N) is 1. The van der Waals surface area contributed by atoms with Crippen LogP contribution in [0.4, 0.5) is 14.9 Å². The minimum absolute atomic E-state index is 0.335. The average Bonchev–Trinajstić information content (AvgIpc) is 3.17. The van der Waals surface area contributed by atoms with E-state index in [1.54, 1.807) is 6.92 Å². The quantitative estimate of drug-likeness (QED) is 0.828. The Morgan fingerprint density at radius 1 is 1.18 bits per heavy atom. The molecule has 0 aromatic heterocycles. The van der Waals surface area contributed by atoms with Crippen molar-refractivity contribution in [3.8, 4) is 0 Å². The van der Waals surface area contributed by atoms with Gasteiger partial charge in [-0.05, 0) is 55.2 Å². The first kappa shape index (κ1) is 18.2. The zero-order valence-electron chi connectivity index (χ0n) is 15.4. The highest BCUT2D eigenvalue weighted by Crippen LogP contribution is 2.41. The van der Waals surface area contributed by atoms with Crippen LogP contribution in [0.1, 0.15) is 24.5 Å². The number of benzene rings is 2. The molecule has 2 aromatic carbocycles. The van der Waals surface area contributed by atoms with Gasteiger partial charge in [-0.15, -0.1) is 0 Å². The van der Waals surface area contributed by atoms with Gasteiger partial charge >= 0.3 is 6.03 Å². The summed E-state index contributed by atoms with van der Waals surface area (Å²) >= 11 is 0. The molecule has 1 atom stereocenters. The highest BCUT2D eigenvalue weighted by molar-refractivity contribution is 6.11. The predicted octanol–water partition coefficient (Wildman–Crippen LogP) is 2.57. The Kier molecular flexibility index (Phi) is 4.37. The summed E-state index contributed by atoms with van der Waals surface area (Å²) in [4.78, 5) is 40.9. The van der Waals surface area contributed by atoms with Crippen molar-refractivity contribution in [3.05, 3.63) is 65.5 Å². The number of aryl methyl sites for hydroxylation is 1. The molecule has 1 spiro atoms. The predicted molar refractivity (Wildman–Crippen MR) is 101 cm³/mol. The number of anilines is 1. The summed E-state index contributed by atoms with van der Waals surface area (Å²) in [5.74, 6) is -1.20. The van der Waals surface area contributed by atoms with Crippen LogP contribution in [-0.2, 0) is 21.5 Å². The lowest BCUT2D eigenvalue weighted by Crippen LogP contribution is -2.45. The van der Waals surface area contributed by atoms with Crippen molar-refractivity contribution in [2.75, 3.05) is 18.0 Å². The van der Waals surface area contributed by atoms with Gasteiger partial charge in [-0.25, -0.2) is 9.18 Å². The molecule has 0 bridgehead atoms. The first-order valence-electron chi connectivity index (χ1n) is 9.24. The fourth-order valence-electron chi connectivity index (χ4n) is 4.08. The molecule has 7 heteroatoms. The molecule has 1 aliphatic heterocycles. The van der Waals surface area contributed by atoms with Crippen LogP contribution in [0.3, 0.4) is 0 Å². The summed E-state index contributed by atoms with van der Waals surface area (Å²) in [6, 6.07) is 12.5. The molecule has 1 N–H and O–H groups in total. The third-order valence-corrected chi connectivity index (χ3v) is 5.47. The van der Waals surface area contributed by atoms with Crippen molar-refractivity contribution in [1.29, 1.82) is 0 Å². The zero-order chi connectivity index (χ0) is 19.9. The molecule has 4 amide bonds. The number of carbonyl (C=O) groups is 3. The van der Waals surface area contributed by atoms with Gasteiger partial charge in [0.2, 0.25) is 5.91 Å². The SMILES string of the molecule is CCN(C(=O)CN1C(=O)N[C@@]2(CCc3ccccc32)C1=O)c1ccc(F)cc1. The van der Waals surface area contributed by atoms with E-state index < -0.39 is 29.2 Å². The maximum atomic E-state index is 13.2.